The molecule has 0 spiro atoms. The summed E-state index contributed by atoms with van der Waals surface area (Å²) < 4.78 is 0. The molecule has 1 aromatic heterocycles. The molecule has 1 aliphatic rings. The summed E-state index contributed by atoms with van der Waals surface area (Å²) in [6, 6.07) is 12.9. The zero-order chi connectivity index (χ0) is 19.0. The first-order chi connectivity index (χ1) is 13.0. The molecule has 27 heavy (non-hydrogen) atoms. The molecule has 0 saturated heterocycles. The Morgan fingerprint density at radius 1 is 1.07 bits per heavy atom. The first kappa shape index (κ1) is 18.5. The van der Waals surface area contributed by atoms with Crippen molar-refractivity contribution in [1.29, 1.82) is 0 Å². The Labute approximate surface area is 171 Å². The second kappa shape index (κ2) is 7.64. The van der Waals surface area contributed by atoms with Crippen molar-refractivity contribution < 1.29 is 0 Å². The van der Waals surface area contributed by atoms with Gasteiger partial charge in [0.05, 0.1) is 15.7 Å². The van der Waals surface area contributed by atoms with E-state index in [1.807, 2.05) is 24.3 Å². The van der Waals surface area contributed by atoms with Gasteiger partial charge in [0.1, 0.15) is 5.82 Å². The fourth-order valence-electron chi connectivity index (χ4n) is 3.28. The summed E-state index contributed by atoms with van der Waals surface area (Å²) >= 11 is 18.4. The standard InChI is InChI=1S/C20H16Cl3N3O/c21-14-6-4-12(5-7-14)19-24-17-11-26(9-8-15(17)20(27)25-19)10-13-2-1-3-16(22)18(13)23/h1-7H,8-11H2,(H,24,25,27). The predicted octanol–water partition coefficient (Wildman–Crippen LogP) is 4.96. The van der Waals surface area contributed by atoms with Gasteiger partial charge >= 0.3 is 0 Å². The van der Waals surface area contributed by atoms with Crippen LogP contribution in [0.5, 0.6) is 0 Å². The van der Waals surface area contributed by atoms with E-state index in [9.17, 15) is 4.79 Å². The Morgan fingerprint density at radius 3 is 2.63 bits per heavy atom. The van der Waals surface area contributed by atoms with E-state index in [1.54, 1.807) is 18.2 Å². The van der Waals surface area contributed by atoms with Gasteiger partial charge in [-0.3, -0.25) is 9.69 Å². The molecule has 1 aliphatic heterocycles. The molecule has 7 heteroatoms. The van der Waals surface area contributed by atoms with Crippen molar-refractivity contribution >= 4 is 34.8 Å². The monoisotopic (exact) mass is 419 g/mol. The molecule has 138 valence electrons. The van der Waals surface area contributed by atoms with Crippen molar-refractivity contribution in [2.75, 3.05) is 6.54 Å². The molecule has 0 radical (unpaired) electrons. The van der Waals surface area contributed by atoms with Crippen molar-refractivity contribution in [2.45, 2.75) is 19.5 Å². The van der Waals surface area contributed by atoms with E-state index in [2.05, 4.69) is 9.88 Å². The number of hydrogen-bond donors (Lipinski definition) is 1. The summed E-state index contributed by atoms with van der Waals surface area (Å²) in [6.45, 7) is 2.01. The molecule has 0 atom stereocenters. The minimum Gasteiger partial charge on any atom is -0.306 e. The summed E-state index contributed by atoms with van der Waals surface area (Å²) in [5.74, 6) is 0.554. The average Bonchev–Trinajstić information content (AvgIpc) is 2.66. The smallest absolute Gasteiger partial charge is 0.254 e. The topological polar surface area (TPSA) is 49.0 Å². The number of nitrogens with one attached hydrogen (secondary N) is 1. The highest BCUT2D eigenvalue weighted by Gasteiger charge is 2.22. The maximum atomic E-state index is 12.5. The lowest BCUT2D eigenvalue weighted by Crippen LogP contribution is -2.35. The quantitative estimate of drug-likeness (QED) is 0.652. The molecule has 1 N–H and O–H groups in total. The molecule has 0 saturated carbocycles. The van der Waals surface area contributed by atoms with E-state index >= 15 is 0 Å². The van der Waals surface area contributed by atoms with E-state index in [1.165, 1.54) is 0 Å². The first-order valence-corrected chi connectivity index (χ1v) is 9.68. The van der Waals surface area contributed by atoms with Gasteiger partial charge in [-0.15, -0.1) is 0 Å². The van der Waals surface area contributed by atoms with E-state index in [-0.39, 0.29) is 5.56 Å². The maximum absolute atomic E-state index is 12.5. The van der Waals surface area contributed by atoms with Gasteiger partial charge in [0.2, 0.25) is 0 Å². The lowest BCUT2D eigenvalue weighted by atomic mass is 10.0. The number of aromatic amines is 1. The summed E-state index contributed by atoms with van der Waals surface area (Å²) in [6.07, 6.45) is 0.650. The lowest BCUT2D eigenvalue weighted by molar-refractivity contribution is 0.240. The van der Waals surface area contributed by atoms with Gasteiger partial charge in [-0.1, -0.05) is 46.9 Å². The molecule has 2 aromatic carbocycles. The molecule has 4 nitrogen and oxygen atoms in total. The van der Waals surface area contributed by atoms with E-state index < -0.39 is 0 Å². The van der Waals surface area contributed by atoms with Crippen LogP contribution in [-0.4, -0.2) is 21.4 Å². The largest absolute Gasteiger partial charge is 0.306 e. The highest BCUT2D eigenvalue weighted by Crippen LogP contribution is 2.28. The first-order valence-electron chi connectivity index (χ1n) is 8.54. The van der Waals surface area contributed by atoms with E-state index in [0.29, 0.717) is 40.4 Å². The number of benzene rings is 2. The fourth-order valence-corrected chi connectivity index (χ4v) is 3.79. The Morgan fingerprint density at radius 2 is 1.85 bits per heavy atom. The van der Waals surface area contributed by atoms with Gasteiger partial charge in [-0.2, -0.15) is 0 Å². The van der Waals surface area contributed by atoms with Gasteiger partial charge in [0.25, 0.3) is 5.56 Å². The Balaban J connectivity index is 1.62. The van der Waals surface area contributed by atoms with Crippen LogP contribution in [0.25, 0.3) is 11.4 Å². The van der Waals surface area contributed by atoms with E-state index in [4.69, 9.17) is 39.8 Å². The Bertz CT molecular complexity index is 1050. The van der Waals surface area contributed by atoms with Gasteiger partial charge in [-0.25, -0.2) is 4.98 Å². The van der Waals surface area contributed by atoms with Crippen molar-refractivity contribution in [2.24, 2.45) is 0 Å². The number of rotatable bonds is 3. The number of aromatic nitrogens is 2. The van der Waals surface area contributed by atoms with Crippen molar-refractivity contribution in [1.82, 2.24) is 14.9 Å². The molecule has 0 fully saturated rings. The number of fused-ring (bicyclic) bond motifs is 1. The normalized spacial score (nSPS) is 14.2. The highest BCUT2D eigenvalue weighted by atomic mass is 35.5. The van der Waals surface area contributed by atoms with Gasteiger partial charge in [0.15, 0.2) is 0 Å². The third kappa shape index (κ3) is 3.90. The van der Waals surface area contributed by atoms with Gasteiger partial charge in [-0.05, 0) is 42.3 Å². The lowest BCUT2D eigenvalue weighted by Gasteiger charge is -2.28. The Hall–Kier alpha value is -1.85. The van der Waals surface area contributed by atoms with Crippen LogP contribution < -0.4 is 5.56 Å². The third-order valence-electron chi connectivity index (χ3n) is 4.70. The highest BCUT2D eigenvalue weighted by molar-refractivity contribution is 6.42. The van der Waals surface area contributed by atoms with Crippen LogP contribution >= 0.6 is 34.8 Å². The number of H-pyrrole nitrogens is 1. The zero-order valence-electron chi connectivity index (χ0n) is 14.3. The van der Waals surface area contributed by atoms with Crippen LogP contribution in [0.2, 0.25) is 15.1 Å². The summed E-state index contributed by atoms with van der Waals surface area (Å²) in [5, 5.41) is 1.76. The summed E-state index contributed by atoms with van der Waals surface area (Å²) in [7, 11) is 0. The molecular formula is C20H16Cl3N3O. The van der Waals surface area contributed by atoms with Gasteiger partial charge < -0.3 is 4.98 Å². The summed E-state index contributed by atoms with van der Waals surface area (Å²) in [5.41, 5.74) is 3.27. The Kier molecular flexibility index (Phi) is 5.24. The SMILES string of the molecule is O=c1[nH]c(-c2ccc(Cl)cc2)nc2c1CCN(Cc1cccc(Cl)c1Cl)C2. The van der Waals surface area contributed by atoms with Crippen LogP contribution in [0.15, 0.2) is 47.3 Å². The maximum Gasteiger partial charge on any atom is 0.254 e. The molecule has 0 aliphatic carbocycles. The second-order valence-corrected chi connectivity index (χ2v) is 7.74. The molecule has 4 rings (SSSR count). The second-order valence-electron chi connectivity index (χ2n) is 6.52. The van der Waals surface area contributed by atoms with Crippen molar-refractivity contribution in [3.8, 4) is 11.4 Å². The van der Waals surface area contributed by atoms with Gasteiger partial charge in [0, 0.05) is 35.8 Å². The summed E-state index contributed by atoms with van der Waals surface area (Å²) in [4.78, 5) is 22.3. The van der Waals surface area contributed by atoms with Crippen LogP contribution in [0.1, 0.15) is 16.8 Å². The number of hydrogen-bond acceptors (Lipinski definition) is 3. The molecule has 2 heterocycles. The van der Waals surface area contributed by atoms with Crippen molar-refractivity contribution in [3.05, 3.63) is 84.7 Å². The molecule has 0 bridgehead atoms. The van der Waals surface area contributed by atoms with Crippen LogP contribution in [0.3, 0.4) is 0 Å². The molecule has 0 unspecified atom stereocenters. The molecule has 0 amide bonds. The average molecular weight is 421 g/mol. The van der Waals surface area contributed by atoms with Crippen LogP contribution in [-0.2, 0) is 19.5 Å². The minimum atomic E-state index is -0.0783. The fraction of sp³-hybridized carbons (Fsp3) is 0.200. The third-order valence-corrected chi connectivity index (χ3v) is 5.81. The van der Waals surface area contributed by atoms with Crippen LogP contribution in [0.4, 0.5) is 0 Å². The van der Waals surface area contributed by atoms with E-state index in [0.717, 1.165) is 28.9 Å². The molecular weight excluding hydrogens is 405 g/mol. The number of halogens is 3. The zero-order valence-corrected chi connectivity index (χ0v) is 16.6. The number of nitrogens with zero attached hydrogens (tertiary/aromatic N) is 2. The predicted molar refractivity (Wildman–Crippen MR) is 110 cm³/mol. The minimum absolute atomic E-state index is 0.0783. The van der Waals surface area contributed by atoms with Crippen LogP contribution in [0, 0.1) is 0 Å². The van der Waals surface area contributed by atoms with Crippen molar-refractivity contribution in [3.63, 3.8) is 0 Å². The molecule has 3 aromatic rings.